The Bertz CT molecular complexity index is 632. The largest absolute Gasteiger partial charge is 0.497 e. The van der Waals surface area contributed by atoms with Crippen LogP contribution in [0.2, 0.25) is 0 Å². The van der Waals surface area contributed by atoms with E-state index in [4.69, 9.17) is 9.15 Å². The van der Waals surface area contributed by atoms with Crippen LogP contribution in [0.15, 0.2) is 52.2 Å². The van der Waals surface area contributed by atoms with Crippen molar-refractivity contribution in [2.24, 2.45) is 0 Å². The Morgan fingerprint density at radius 3 is 2.50 bits per heavy atom. The Hall–Kier alpha value is -1.79. The first kappa shape index (κ1) is 14.6. The van der Waals surface area contributed by atoms with Crippen LogP contribution in [0.25, 0.3) is 0 Å². The summed E-state index contributed by atoms with van der Waals surface area (Å²) in [7, 11) is -1.99. The van der Waals surface area contributed by atoms with Crippen molar-refractivity contribution in [2.45, 2.75) is 24.3 Å². The van der Waals surface area contributed by atoms with E-state index in [9.17, 15) is 8.42 Å². The highest BCUT2D eigenvalue weighted by molar-refractivity contribution is 7.89. The molecule has 108 valence electrons. The van der Waals surface area contributed by atoms with Crippen molar-refractivity contribution in [3.8, 4) is 5.75 Å². The van der Waals surface area contributed by atoms with Gasteiger partial charge in [0.2, 0.25) is 10.0 Å². The van der Waals surface area contributed by atoms with Crippen molar-refractivity contribution < 1.29 is 17.6 Å². The molecule has 0 spiro atoms. The second-order valence-corrected chi connectivity index (χ2v) is 6.25. The summed E-state index contributed by atoms with van der Waals surface area (Å²) < 4.78 is 37.0. The fraction of sp³-hybridized carbons (Fsp3) is 0.286. The van der Waals surface area contributed by atoms with E-state index >= 15 is 0 Å². The Labute approximate surface area is 118 Å². The number of hydrogen-bond donors (Lipinski definition) is 1. The van der Waals surface area contributed by atoms with Crippen LogP contribution in [-0.2, 0) is 16.4 Å². The second kappa shape index (κ2) is 6.11. The number of sulfonamides is 1. The van der Waals surface area contributed by atoms with Crippen LogP contribution < -0.4 is 9.46 Å². The topological polar surface area (TPSA) is 68.5 Å². The van der Waals surface area contributed by atoms with Crippen LogP contribution >= 0.6 is 0 Å². The van der Waals surface area contributed by atoms with E-state index in [1.807, 2.05) is 13.0 Å². The minimum Gasteiger partial charge on any atom is -0.497 e. The van der Waals surface area contributed by atoms with Crippen LogP contribution in [0.3, 0.4) is 0 Å². The number of benzene rings is 1. The van der Waals surface area contributed by atoms with Gasteiger partial charge in [-0.1, -0.05) is 0 Å². The average Bonchev–Trinajstić information content (AvgIpc) is 2.91. The number of methoxy groups -OCH3 is 1. The molecular weight excluding hydrogens is 278 g/mol. The molecule has 1 unspecified atom stereocenters. The molecule has 0 aliphatic carbocycles. The zero-order valence-corrected chi connectivity index (χ0v) is 12.2. The number of ether oxygens (including phenoxy) is 1. The van der Waals surface area contributed by atoms with Crippen molar-refractivity contribution in [1.29, 1.82) is 0 Å². The van der Waals surface area contributed by atoms with Gasteiger partial charge in [0.05, 0.1) is 24.5 Å². The van der Waals surface area contributed by atoms with Crippen LogP contribution in [-0.4, -0.2) is 21.6 Å². The van der Waals surface area contributed by atoms with E-state index in [0.29, 0.717) is 12.2 Å². The highest BCUT2D eigenvalue weighted by atomic mass is 32.2. The molecule has 0 amide bonds. The van der Waals surface area contributed by atoms with E-state index < -0.39 is 10.0 Å². The molecule has 5 nitrogen and oxygen atoms in total. The molecule has 6 heteroatoms. The molecule has 0 saturated heterocycles. The van der Waals surface area contributed by atoms with Crippen molar-refractivity contribution in [2.75, 3.05) is 7.11 Å². The summed E-state index contributed by atoms with van der Waals surface area (Å²) in [6.07, 6.45) is 3.75. The quantitative estimate of drug-likeness (QED) is 0.887. The van der Waals surface area contributed by atoms with Crippen LogP contribution in [0.4, 0.5) is 0 Å². The van der Waals surface area contributed by atoms with Gasteiger partial charge >= 0.3 is 0 Å². The molecular formula is C14H17NO4S. The number of nitrogens with one attached hydrogen (secondary N) is 1. The van der Waals surface area contributed by atoms with E-state index in [1.54, 1.807) is 24.7 Å². The summed E-state index contributed by atoms with van der Waals surface area (Å²) in [6.45, 7) is 1.81. The summed E-state index contributed by atoms with van der Waals surface area (Å²) in [5, 5.41) is 0. The summed E-state index contributed by atoms with van der Waals surface area (Å²) in [5.41, 5.74) is 0.954. The van der Waals surface area contributed by atoms with Gasteiger partial charge in [-0.15, -0.1) is 0 Å². The normalized spacial score (nSPS) is 13.1. The predicted octanol–water partition coefficient (Wildman–Crippen LogP) is 2.20. The van der Waals surface area contributed by atoms with Gasteiger partial charge in [-0.25, -0.2) is 13.1 Å². The van der Waals surface area contributed by atoms with E-state index in [2.05, 4.69) is 4.72 Å². The average molecular weight is 295 g/mol. The van der Waals surface area contributed by atoms with E-state index in [0.717, 1.165) is 5.56 Å². The van der Waals surface area contributed by atoms with Gasteiger partial charge in [0, 0.05) is 6.04 Å². The lowest BCUT2D eigenvalue weighted by atomic mass is 10.1. The van der Waals surface area contributed by atoms with Crippen LogP contribution in [0, 0.1) is 0 Å². The highest BCUT2D eigenvalue weighted by Crippen LogP contribution is 2.16. The van der Waals surface area contributed by atoms with Gasteiger partial charge in [0.25, 0.3) is 0 Å². The molecule has 0 saturated carbocycles. The van der Waals surface area contributed by atoms with E-state index in [1.165, 1.54) is 19.2 Å². The van der Waals surface area contributed by atoms with E-state index in [-0.39, 0.29) is 10.9 Å². The molecule has 1 atom stereocenters. The summed E-state index contributed by atoms with van der Waals surface area (Å²) in [6, 6.07) is 7.87. The first-order chi connectivity index (χ1) is 9.51. The minimum absolute atomic E-state index is 0.220. The predicted molar refractivity (Wildman–Crippen MR) is 75.2 cm³/mol. The van der Waals surface area contributed by atoms with Crippen molar-refractivity contribution >= 4 is 10.0 Å². The summed E-state index contributed by atoms with van der Waals surface area (Å²) in [4.78, 5) is 0.220. The summed E-state index contributed by atoms with van der Waals surface area (Å²) >= 11 is 0. The van der Waals surface area contributed by atoms with Gasteiger partial charge in [-0.05, 0) is 49.2 Å². The number of hydrogen-bond acceptors (Lipinski definition) is 4. The molecule has 1 aromatic carbocycles. The molecule has 0 aliphatic heterocycles. The van der Waals surface area contributed by atoms with Gasteiger partial charge in [-0.3, -0.25) is 0 Å². The molecule has 1 heterocycles. The second-order valence-electron chi connectivity index (χ2n) is 4.53. The highest BCUT2D eigenvalue weighted by Gasteiger charge is 2.17. The molecule has 0 fully saturated rings. The minimum atomic E-state index is -3.52. The maximum Gasteiger partial charge on any atom is 0.240 e. The van der Waals surface area contributed by atoms with Crippen LogP contribution in [0.5, 0.6) is 5.75 Å². The Morgan fingerprint density at radius 2 is 1.95 bits per heavy atom. The molecule has 1 N–H and O–H groups in total. The lowest BCUT2D eigenvalue weighted by Crippen LogP contribution is -2.34. The van der Waals surface area contributed by atoms with Gasteiger partial charge in [0.1, 0.15) is 5.75 Å². The monoisotopic (exact) mass is 295 g/mol. The zero-order chi connectivity index (χ0) is 14.6. The van der Waals surface area contributed by atoms with Gasteiger partial charge < -0.3 is 9.15 Å². The third kappa shape index (κ3) is 3.61. The van der Waals surface area contributed by atoms with Crippen LogP contribution in [0.1, 0.15) is 12.5 Å². The molecule has 0 bridgehead atoms. The first-order valence-electron chi connectivity index (χ1n) is 6.19. The third-order valence-electron chi connectivity index (χ3n) is 2.85. The van der Waals surface area contributed by atoms with Crippen molar-refractivity contribution in [1.82, 2.24) is 4.72 Å². The third-order valence-corrected chi connectivity index (χ3v) is 4.45. The lowest BCUT2D eigenvalue weighted by molar-refractivity contribution is 0.414. The molecule has 0 aliphatic rings. The standard InChI is InChI=1S/C14H17NO4S/c1-11(9-12-7-8-19-10-12)15-20(16,17)14-5-3-13(18-2)4-6-14/h3-8,10-11,15H,9H2,1-2H3. The number of furan rings is 1. The molecule has 2 rings (SSSR count). The van der Waals surface area contributed by atoms with Crippen molar-refractivity contribution in [3.05, 3.63) is 48.4 Å². The van der Waals surface area contributed by atoms with Crippen molar-refractivity contribution in [3.63, 3.8) is 0 Å². The maximum atomic E-state index is 12.2. The fourth-order valence-electron chi connectivity index (χ4n) is 1.89. The van der Waals surface area contributed by atoms with Gasteiger partial charge in [-0.2, -0.15) is 0 Å². The Kier molecular flexibility index (Phi) is 4.46. The zero-order valence-electron chi connectivity index (χ0n) is 11.4. The smallest absolute Gasteiger partial charge is 0.240 e. The fourth-order valence-corrected chi connectivity index (χ4v) is 3.14. The summed E-state index contributed by atoms with van der Waals surface area (Å²) in [5.74, 6) is 0.621. The molecule has 1 aromatic heterocycles. The molecule has 0 radical (unpaired) electrons. The Morgan fingerprint density at radius 1 is 1.25 bits per heavy atom. The molecule has 20 heavy (non-hydrogen) atoms. The SMILES string of the molecule is COc1ccc(S(=O)(=O)NC(C)Cc2ccoc2)cc1. The number of rotatable bonds is 6. The maximum absolute atomic E-state index is 12.2. The Balaban J connectivity index is 2.05. The molecule has 2 aromatic rings. The lowest BCUT2D eigenvalue weighted by Gasteiger charge is -2.13. The van der Waals surface area contributed by atoms with Gasteiger partial charge in [0.15, 0.2) is 0 Å². The first-order valence-corrected chi connectivity index (χ1v) is 7.67.